The van der Waals surface area contributed by atoms with Gasteiger partial charge in [-0.15, -0.1) is 0 Å². The van der Waals surface area contributed by atoms with E-state index in [9.17, 15) is 24.3 Å². The van der Waals surface area contributed by atoms with Crippen LogP contribution in [0, 0.1) is 5.41 Å². The number of carbonyl (C=O) groups excluding carboxylic acids is 4. The first-order valence-corrected chi connectivity index (χ1v) is 16.6. The van der Waals surface area contributed by atoms with Crippen LogP contribution in [0.25, 0.3) is 0 Å². The molecule has 1 spiro atoms. The van der Waals surface area contributed by atoms with E-state index in [2.05, 4.69) is 20.9 Å². The van der Waals surface area contributed by atoms with Gasteiger partial charge in [-0.2, -0.15) is 0 Å². The third kappa shape index (κ3) is 5.30. The molecule has 0 radical (unpaired) electrons. The van der Waals surface area contributed by atoms with Crippen LogP contribution in [0.3, 0.4) is 0 Å². The molecule has 5 heterocycles. The predicted molar refractivity (Wildman–Crippen MR) is 171 cm³/mol. The molecule has 0 saturated carbocycles. The molecule has 2 aromatic rings. The molecule has 3 fully saturated rings. The Morgan fingerprint density at radius 2 is 1.74 bits per heavy atom. The van der Waals surface area contributed by atoms with Crippen molar-refractivity contribution in [1.82, 2.24) is 25.0 Å². The molecule has 1 aromatic carbocycles. The number of urea groups is 1. The summed E-state index contributed by atoms with van der Waals surface area (Å²) >= 11 is 0. The molecule has 2 atom stereocenters. The highest BCUT2D eigenvalue weighted by atomic mass is 16.3. The van der Waals surface area contributed by atoms with Crippen LogP contribution in [-0.4, -0.2) is 100 Å². The van der Waals surface area contributed by atoms with Gasteiger partial charge in [0.1, 0.15) is 12.4 Å². The third-order valence-electron chi connectivity index (χ3n) is 10.9. The van der Waals surface area contributed by atoms with E-state index < -0.39 is 22.5 Å². The van der Waals surface area contributed by atoms with Crippen molar-refractivity contribution in [3.63, 3.8) is 0 Å². The summed E-state index contributed by atoms with van der Waals surface area (Å²) in [4.78, 5) is 63.4. The van der Waals surface area contributed by atoms with Gasteiger partial charge in [0.15, 0.2) is 5.72 Å². The monoisotopic (exact) mass is 629 g/mol. The molecule has 0 unspecified atom stereocenters. The molecule has 4 aliphatic heterocycles. The third-order valence-corrected chi connectivity index (χ3v) is 10.9. The first kappa shape index (κ1) is 30.6. The van der Waals surface area contributed by atoms with Crippen molar-refractivity contribution in [3.05, 3.63) is 53.2 Å². The number of carbonyl (C=O) groups is 4. The Morgan fingerprint density at radius 1 is 1.00 bits per heavy atom. The molecule has 5 amide bonds. The fourth-order valence-electron chi connectivity index (χ4n) is 8.04. The number of hydrogen-bond donors (Lipinski definition) is 4. The average Bonchev–Trinajstić information content (AvgIpc) is 3.79. The molecule has 3 saturated heterocycles. The number of pyridine rings is 1. The lowest BCUT2D eigenvalue weighted by molar-refractivity contribution is -0.177. The summed E-state index contributed by atoms with van der Waals surface area (Å²) in [6, 6.07) is 9.50. The largest absolute Gasteiger partial charge is 0.369 e. The van der Waals surface area contributed by atoms with E-state index in [0.717, 1.165) is 49.2 Å². The Hall–Kier alpha value is -4.03. The molecule has 4 N–H and O–H groups in total. The van der Waals surface area contributed by atoms with Gasteiger partial charge in [-0.05, 0) is 87.2 Å². The highest BCUT2D eigenvalue weighted by Gasteiger charge is 2.51. The Labute approximate surface area is 268 Å². The van der Waals surface area contributed by atoms with Crippen LogP contribution < -0.4 is 16.0 Å². The van der Waals surface area contributed by atoms with Crippen molar-refractivity contribution in [3.8, 4) is 0 Å². The molecular weight excluding hydrogens is 586 g/mol. The smallest absolute Gasteiger partial charge is 0.319 e. The SMILES string of the molecule is CC1(C(=O)N(CC(=O)Nc2ccc3c(c2)C[C@@]2(C3)C(=O)Nc3ncccc32)[C@]2(O)CCCNC2)CCN(C(=O)N2CCCC2)CC1. The summed E-state index contributed by atoms with van der Waals surface area (Å²) < 4.78 is 0. The van der Waals surface area contributed by atoms with Gasteiger partial charge >= 0.3 is 6.03 Å². The Bertz CT molecular complexity index is 1560. The lowest BCUT2D eigenvalue weighted by Crippen LogP contribution is -2.64. The van der Waals surface area contributed by atoms with E-state index in [0.29, 0.717) is 63.1 Å². The number of aromatic nitrogens is 1. The summed E-state index contributed by atoms with van der Waals surface area (Å²) in [6.07, 6.45) is 6.75. The van der Waals surface area contributed by atoms with Crippen molar-refractivity contribution >= 4 is 35.3 Å². The highest BCUT2D eigenvalue weighted by molar-refractivity contribution is 6.06. The second kappa shape index (κ2) is 11.6. The summed E-state index contributed by atoms with van der Waals surface area (Å²) in [5.41, 5.74) is 0.474. The van der Waals surface area contributed by atoms with Gasteiger partial charge in [0.25, 0.3) is 0 Å². The fourth-order valence-corrected chi connectivity index (χ4v) is 8.04. The predicted octanol–water partition coefficient (Wildman–Crippen LogP) is 2.23. The van der Waals surface area contributed by atoms with Gasteiger partial charge in [-0.25, -0.2) is 9.78 Å². The lowest BCUT2D eigenvalue weighted by atomic mass is 9.78. The zero-order chi connectivity index (χ0) is 32.1. The summed E-state index contributed by atoms with van der Waals surface area (Å²) in [5.74, 6) is -0.131. The number of likely N-dealkylation sites (tertiary alicyclic amines) is 2. The van der Waals surface area contributed by atoms with E-state index in [4.69, 9.17) is 0 Å². The molecule has 46 heavy (non-hydrogen) atoms. The molecule has 1 aromatic heterocycles. The first-order chi connectivity index (χ1) is 22.1. The maximum Gasteiger partial charge on any atom is 0.319 e. The number of benzene rings is 1. The van der Waals surface area contributed by atoms with E-state index >= 15 is 0 Å². The minimum absolute atomic E-state index is 0.0352. The van der Waals surface area contributed by atoms with Gasteiger partial charge in [-0.3, -0.25) is 14.4 Å². The fraction of sp³-hybridized carbons (Fsp3) is 0.559. The van der Waals surface area contributed by atoms with Crippen molar-refractivity contribution in [2.24, 2.45) is 5.41 Å². The summed E-state index contributed by atoms with van der Waals surface area (Å²) in [6.45, 7) is 4.98. The standard InChI is InChI=1S/C34H43N7O5/c1-32(10-16-40(17-11-32)31(45)39-14-2-3-15-39)30(44)41(34(46)9-5-12-35-22-34)21-27(42)37-25-8-7-23-19-33(20-24(23)18-25)26-6-4-13-36-28(26)38-29(33)43/h4,6-8,13,18,35,46H,2-3,5,9-12,14-17,19-22H2,1H3,(H,37,42)(H,36,38,43)/t33-,34+/m1/s1. The van der Waals surface area contributed by atoms with Gasteiger partial charge in [0.05, 0.1) is 10.8 Å². The number of nitrogens with zero attached hydrogens (tertiary/aromatic N) is 4. The maximum atomic E-state index is 14.3. The number of nitrogens with one attached hydrogen (secondary N) is 3. The van der Waals surface area contributed by atoms with E-state index in [-0.39, 0.29) is 30.9 Å². The topological polar surface area (TPSA) is 147 Å². The summed E-state index contributed by atoms with van der Waals surface area (Å²) in [7, 11) is 0. The lowest BCUT2D eigenvalue weighted by Gasteiger charge is -2.47. The van der Waals surface area contributed by atoms with E-state index in [1.165, 1.54) is 4.90 Å². The van der Waals surface area contributed by atoms with E-state index in [1.807, 2.05) is 47.1 Å². The van der Waals surface area contributed by atoms with Crippen molar-refractivity contribution in [1.29, 1.82) is 0 Å². The zero-order valence-corrected chi connectivity index (χ0v) is 26.4. The van der Waals surface area contributed by atoms with E-state index in [1.54, 1.807) is 6.20 Å². The number of aliphatic hydroxyl groups is 1. The molecule has 7 rings (SSSR count). The van der Waals surface area contributed by atoms with Crippen LogP contribution in [0.15, 0.2) is 36.5 Å². The van der Waals surface area contributed by atoms with Gasteiger partial charge < -0.3 is 35.8 Å². The van der Waals surface area contributed by atoms with Crippen LogP contribution in [0.4, 0.5) is 16.3 Å². The van der Waals surface area contributed by atoms with Crippen molar-refractivity contribution < 1.29 is 24.3 Å². The molecule has 244 valence electrons. The summed E-state index contributed by atoms with van der Waals surface area (Å²) in [5, 5.41) is 20.8. The Balaban J connectivity index is 1.05. The number of piperidine rings is 2. The quantitative estimate of drug-likeness (QED) is 0.371. The molecular formula is C34H43N7O5. The second-order valence-corrected chi connectivity index (χ2v) is 14.0. The van der Waals surface area contributed by atoms with Crippen molar-refractivity contribution in [2.75, 3.05) is 56.4 Å². The van der Waals surface area contributed by atoms with Gasteiger partial charge in [0, 0.05) is 50.2 Å². The number of rotatable bonds is 5. The molecule has 12 nitrogen and oxygen atoms in total. The Morgan fingerprint density at radius 3 is 2.48 bits per heavy atom. The van der Waals surface area contributed by atoms with Crippen molar-refractivity contribution in [2.45, 2.75) is 69.4 Å². The minimum Gasteiger partial charge on any atom is -0.369 e. The van der Waals surface area contributed by atoms with Gasteiger partial charge in [0.2, 0.25) is 17.7 Å². The number of hydrogen-bond acceptors (Lipinski definition) is 7. The van der Waals surface area contributed by atoms with Gasteiger partial charge in [-0.1, -0.05) is 19.1 Å². The zero-order valence-electron chi connectivity index (χ0n) is 26.4. The van der Waals surface area contributed by atoms with Crippen LogP contribution in [0.5, 0.6) is 0 Å². The number of anilines is 2. The molecule has 1 aliphatic carbocycles. The number of β-amino-alcohol motifs (C(OH)–C–C–N with tert-alkyl or cyclic N) is 1. The van der Waals surface area contributed by atoms with Crippen LogP contribution in [-0.2, 0) is 32.6 Å². The number of fused-ring (bicyclic) bond motifs is 3. The molecule has 5 aliphatic rings. The highest BCUT2D eigenvalue weighted by Crippen LogP contribution is 2.47. The number of amides is 5. The van der Waals surface area contributed by atoms with Crippen LogP contribution in [0.2, 0.25) is 0 Å². The normalized spacial score (nSPS) is 26.4. The maximum absolute atomic E-state index is 14.3. The van der Waals surface area contributed by atoms with Crippen LogP contribution in [0.1, 0.15) is 62.1 Å². The second-order valence-electron chi connectivity index (χ2n) is 14.0. The average molecular weight is 630 g/mol. The first-order valence-electron chi connectivity index (χ1n) is 16.6. The molecule has 12 heteroatoms. The Kier molecular flexibility index (Phi) is 7.75. The minimum atomic E-state index is -1.50. The molecule has 0 bridgehead atoms. The van der Waals surface area contributed by atoms with Crippen LogP contribution >= 0.6 is 0 Å².